The molecule has 0 amide bonds. The molecule has 44 heavy (non-hydrogen) atoms. The Kier molecular flexibility index (Phi) is 17.5. The van der Waals surface area contributed by atoms with Crippen LogP contribution in [0.2, 0.25) is 0 Å². The first-order valence-corrected chi connectivity index (χ1v) is 13.9. The Hall–Kier alpha value is -2.17. The molecule has 4 rings (SSSR count). The van der Waals surface area contributed by atoms with E-state index < -0.39 is 32.4 Å². The van der Waals surface area contributed by atoms with Gasteiger partial charge in [-0.15, -0.1) is 0 Å². The van der Waals surface area contributed by atoms with Gasteiger partial charge in [0.25, 0.3) is 0 Å². The third-order valence-electron chi connectivity index (χ3n) is 6.71. The maximum Gasteiger partial charge on any atom is 1.00 e. The first-order chi connectivity index (χ1) is 20.1. The minimum Gasteiger partial charge on any atom is -0.870 e. The van der Waals surface area contributed by atoms with Gasteiger partial charge < -0.3 is 54.4 Å². The number of hydrogen-bond donors (Lipinski definition) is 5. The van der Waals surface area contributed by atoms with Crippen LogP contribution in [0.15, 0.2) is 24.3 Å². The molecular formula is C28H39B2NaO13. The van der Waals surface area contributed by atoms with Gasteiger partial charge in [-0.3, -0.25) is 9.59 Å². The number of carbonyl (C=O) groups is 2. The first-order valence-electron chi connectivity index (χ1n) is 13.9. The van der Waals surface area contributed by atoms with E-state index in [-0.39, 0.29) is 67.1 Å². The first kappa shape index (κ1) is 39.9. The van der Waals surface area contributed by atoms with Crippen molar-refractivity contribution in [2.24, 2.45) is 0 Å². The molecule has 2 aromatic carbocycles. The third kappa shape index (κ3) is 10.7. The van der Waals surface area contributed by atoms with Crippen molar-refractivity contribution in [2.45, 2.75) is 58.7 Å². The Bertz CT molecular complexity index is 1230. The van der Waals surface area contributed by atoms with Gasteiger partial charge in [0.1, 0.15) is 11.5 Å². The van der Waals surface area contributed by atoms with Crippen LogP contribution in [0.4, 0.5) is 0 Å². The number of benzene rings is 2. The summed E-state index contributed by atoms with van der Waals surface area (Å²) in [7, 11) is -2.20. The molecule has 2 aromatic rings. The average Bonchev–Trinajstić information content (AvgIpc) is 3.40. The molecule has 0 aromatic heterocycles. The summed E-state index contributed by atoms with van der Waals surface area (Å²) in [5.74, 6) is -0.134. The quantitative estimate of drug-likeness (QED) is 0.0869. The van der Waals surface area contributed by atoms with E-state index >= 15 is 0 Å². The van der Waals surface area contributed by atoms with E-state index in [4.69, 9.17) is 38.8 Å². The number of esters is 1. The number of aliphatic hydroxyl groups is 2. The largest absolute Gasteiger partial charge is 1.00 e. The van der Waals surface area contributed by atoms with Crippen LogP contribution in [0.25, 0.3) is 0 Å². The van der Waals surface area contributed by atoms with E-state index in [1.54, 1.807) is 25.1 Å². The molecule has 0 aliphatic carbocycles. The fourth-order valence-electron chi connectivity index (χ4n) is 4.97. The fraction of sp³-hybridized carbons (Fsp3) is 0.500. The molecule has 0 saturated carbocycles. The number of rotatable bonds is 13. The van der Waals surface area contributed by atoms with Crippen molar-refractivity contribution in [2.75, 3.05) is 33.0 Å². The molecule has 0 bridgehead atoms. The number of carboxylic acid groups (broad SMARTS) is 1. The Labute approximate surface area is 279 Å². The number of fused-ring (bicyclic) bond motifs is 2. The van der Waals surface area contributed by atoms with E-state index in [0.717, 1.165) is 22.3 Å². The Morgan fingerprint density at radius 2 is 1.25 bits per heavy atom. The second-order valence-electron chi connectivity index (χ2n) is 9.90. The average molecular weight is 628 g/mol. The van der Waals surface area contributed by atoms with Crippen molar-refractivity contribution in [3.63, 3.8) is 0 Å². The monoisotopic (exact) mass is 628 g/mol. The van der Waals surface area contributed by atoms with Gasteiger partial charge in [-0.05, 0) is 78.2 Å². The summed E-state index contributed by atoms with van der Waals surface area (Å²) in [6.45, 7) is 6.68. The summed E-state index contributed by atoms with van der Waals surface area (Å²) in [4.78, 5) is 22.5. The predicted molar refractivity (Wildman–Crippen MR) is 155 cm³/mol. The van der Waals surface area contributed by atoms with Crippen molar-refractivity contribution < 1.29 is 93.5 Å². The minimum atomic E-state index is -1.13. The van der Waals surface area contributed by atoms with Crippen molar-refractivity contribution in [1.29, 1.82) is 0 Å². The smallest absolute Gasteiger partial charge is 0.870 e. The SMILES string of the molecule is CCOC(=O)CC1OB(O)c2cc(OCCCO)cc(C)c21.Cc1cc(OCCCO)cc2c1C(CC(=O)O)OB2O.[Na+].[OH-]. The van der Waals surface area contributed by atoms with Crippen LogP contribution in [0, 0.1) is 13.8 Å². The van der Waals surface area contributed by atoms with Gasteiger partial charge in [0.2, 0.25) is 0 Å². The van der Waals surface area contributed by atoms with Gasteiger partial charge in [0.15, 0.2) is 0 Å². The molecule has 2 atom stereocenters. The molecule has 236 valence electrons. The number of carbonyl (C=O) groups excluding carboxylic acids is 1. The van der Waals surface area contributed by atoms with Crippen molar-refractivity contribution >= 4 is 37.1 Å². The minimum absolute atomic E-state index is 0. The number of ether oxygens (including phenoxy) is 3. The van der Waals surface area contributed by atoms with Gasteiger partial charge in [-0.2, -0.15) is 0 Å². The van der Waals surface area contributed by atoms with Crippen LogP contribution < -0.4 is 50.0 Å². The van der Waals surface area contributed by atoms with Gasteiger partial charge in [0.05, 0.1) is 44.9 Å². The van der Waals surface area contributed by atoms with Gasteiger partial charge in [0, 0.05) is 26.1 Å². The molecule has 2 aliphatic heterocycles. The van der Waals surface area contributed by atoms with Crippen LogP contribution >= 0.6 is 0 Å². The topological polar surface area (TPSA) is 211 Å². The van der Waals surface area contributed by atoms with E-state index in [2.05, 4.69) is 0 Å². The molecular weight excluding hydrogens is 589 g/mol. The third-order valence-corrected chi connectivity index (χ3v) is 6.71. The zero-order valence-corrected chi connectivity index (χ0v) is 27.5. The van der Waals surface area contributed by atoms with Crippen LogP contribution in [0.3, 0.4) is 0 Å². The molecule has 6 N–H and O–H groups in total. The maximum atomic E-state index is 11.6. The van der Waals surface area contributed by atoms with Crippen LogP contribution in [-0.2, 0) is 23.6 Å². The van der Waals surface area contributed by atoms with Crippen LogP contribution in [0.5, 0.6) is 11.5 Å². The van der Waals surface area contributed by atoms with Crippen molar-refractivity contribution in [3.8, 4) is 11.5 Å². The maximum absolute atomic E-state index is 11.6. The summed E-state index contributed by atoms with van der Waals surface area (Å²) in [5.41, 5.74) is 4.42. The fourth-order valence-corrected chi connectivity index (χ4v) is 4.97. The summed E-state index contributed by atoms with van der Waals surface area (Å²) >= 11 is 0. The molecule has 0 fully saturated rings. The van der Waals surface area contributed by atoms with E-state index in [1.165, 1.54) is 0 Å². The molecule has 2 heterocycles. The second-order valence-corrected chi connectivity index (χ2v) is 9.90. The van der Waals surface area contributed by atoms with Gasteiger partial charge in [-0.1, -0.05) is 0 Å². The predicted octanol–water partition coefficient (Wildman–Crippen LogP) is -2.71. The Balaban J connectivity index is 0.000000422. The zero-order valence-electron chi connectivity index (χ0n) is 25.5. The molecule has 2 aliphatic rings. The Morgan fingerprint density at radius 1 is 0.818 bits per heavy atom. The summed E-state index contributed by atoms with van der Waals surface area (Å²) < 4.78 is 26.7. The van der Waals surface area contributed by atoms with Crippen molar-refractivity contribution in [3.05, 3.63) is 46.5 Å². The number of carboxylic acids is 1. The number of aryl methyl sites for hydroxylation is 2. The van der Waals surface area contributed by atoms with E-state index in [0.29, 0.717) is 55.1 Å². The number of hydrogen-bond acceptors (Lipinski definition) is 12. The van der Waals surface area contributed by atoms with Crippen LogP contribution in [0.1, 0.15) is 67.1 Å². The van der Waals surface area contributed by atoms with Gasteiger partial charge in [-0.25, -0.2) is 0 Å². The van der Waals surface area contributed by atoms with E-state index in [9.17, 15) is 19.6 Å². The molecule has 16 heteroatoms. The van der Waals surface area contributed by atoms with Gasteiger partial charge >= 0.3 is 55.7 Å². The molecule has 0 saturated heterocycles. The summed E-state index contributed by atoms with van der Waals surface area (Å²) in [5, 5.41) is 46.3. The van der Waals surface area contributed by atoms with Crippen LogP contribution in [-0.4, -0.2) is 90.1 Å². The molecule has 2 unspecified atom stereocenters. The molecule has 13 nitrogen and oxygen atoms in total. The Morgan fingerprint density at radius 3 is 1.64 bits per heavy atom. The molecule has 0 spiro atoms. The zero-order chi connectivity index (χ0) is 30.8. The number of aliphatic carboxylic acids is 1. The second kappa shape index (κ2) is 19.4. The van der Waals surface area contributed by atoms with E-state index in [1.807, 2.05) is 19.9 Å². The molecule has 0 radical (unpaired) electrons. The number of aliphatic hydroxyl groups excluding tert-OH is 2. The summed E-state index contributed by atoms with van der Waals surface area (Å²) in [6, 6.07) is 7.00. The normalized spacial score (nSPS) is 16.1. The summed E-state index contributed by atoms with van der Waals surface area (Å²) in [6.07, 6.45) is -0.184. The van der Waals surface area contributed by atoms with Crippen molar-refractivity contribution in [1.82, 2.24) is 0 Å². The standard InChI is InChI=1S/C15H21BO6.C13H17BO6.Na.H2O/c1-3-20-14(18)9-13-15-10(2)7-11(21-6-4-5-17)8-12(15)16(19)22-13;1-8-5-9(19-4-2-3-15)6-10-13(8)11(7-12(16)17)20-14(10)18;;/h7-8,13,17,19H,3-6,9H2,1-2H3;5-6,11,15,18H,2-4,7H2,1H3,(H,16,17);;1H2/q;;+1;/p-1.